The van der Waals surface area contributed by atoms with Gasteiger partial charge < -0.3 is 20.1 Å². The van der Waals surface area contributed by atoms with Gasteiger partial charge in [-0.3, -0.25) is 4.79 Å². The van der Waals surface area contributed by atoms with Crippen LogP contribution in [0, 0.1) is 17.8 Å². The Hall–Kier alpha value is -1.59. The Bertz CT molecular complexity index is 546. The molecule has 2 saturated carbocycles. The fourth-order valence-electron chi connectivity index (χ4n) is 3.91. The number of ether oxygens (including phenoxy) is 1. The largest absolute Gasteiger partial charge is 0.491 e. The number of benzene rings is 1. The van der Waals surface area contributed by atoms with Gasteiger partial charge >= 0.3 is 0 Å². The smallest absolute Gasteiger partial charge is 0.228 e. The molecule has 1 aromatic carbocycles. The number of anilines is 1. The zero-order valence-electron chi connectivity index (χ0n) is 14.6. The van der Waals surface area contributed by atoms with Crippen molar-refractivity contribution in [1.29, 1.82) is 0 Å². The number of hydrogen-bond donors (Lipinski definition) is 2. The minimum absolute atomic E-state index is 0.168. The number of likely N-dealkylation sites (N-methyl/N-ethyl adjacent to an activating group) is 1. The van der Waals surface area contributed by atoms with E-state index < -0.39 is 6.10 Å². The summed E-state index contributed by atoms with van der Waals surface area (Å²) >= 11 is 0. The molecule has 0 aliphatic heterocycles. The summed E-state index contributed by atoms with van der Waals surface area (Å²) in [6, 6.07) is 7.38. The molecule has 132 valence electrons. The van der Waals surface area contributed by atoms with Gasteiger partial charge in [-0.2, -0.15) is 0 Å². The predicted octanol–water partition coefficient (Wildman–Crippen LogP) is 2.36. The number of rotatable bonds is 7. The Kier molecular flexibility index (Phi) is 5.41. The van der Waals surface area contributed by atoms with Crippen molar-refractivity contribution in [1.82, 2.24) is 4.90 Å². The molecular weight excluding hydrogens is 304 g/mol. The van der Waals surface area contributed by atoms with Crippen molar-refractivity contribution in [2.45, 2.75) is 31.8 Å². The molecule has 1 aromatic rings. The molecule has 24 heavy (non-hydrogen) atoms. The first-order valence-corrected chi connectivity index (χ1v) is 8.91. The summed E-state index contributed by atoms with van der Waals surface area (Å²) in [5.74, 6) is 2.34. The summed E-state index contributed by atoms with van der Waals surface area (Å²) < 4.78 is 5.58. The van der Waals surface area contributed by atoms with Crippen LogP contribution in [0.1, 0.15) is 25.7 Å². The third-order valence-corrected chi connectivity index (χ3v) is 5.10. The predicted molar refractivity (Wildman–Crippen MR) is 94.1 cm³/mol. The number of fused-ring (bicyclic) bond motifs is 1. The number of amides is 1. The van der Waals surface area contributed by atoms with Crippen molar-refractivity contribution in [3.8, 4) is 5.75 Å². The number of aliphatic hydroxyl groups is 1. The topological polar surface area (TPSA) is 61.8 Å². The number of hydrogen-bond acceptors (Lipinski definition) is 4. The van der Waals surface area contributed by atoms with Crippen LogP contribution in [0.25, 0.3) is 0 Å². The van der Waals surface area contributed by atoms with Crippen LogP contribution >= 0.6 is 0 Å². The number of nitrogens with zero attached hydrogens (tertiary/aromatic N) is 1. The molecule has 0 radical (unpaired) electrons. The number of nitrogens with one attached hydrogen (secondary N) is 1. The highest BCUT2D eigenvalue weighted by molar-refractivity contribution is 5.94. The van der Waals surface area contributed by atoms with Gasteiger partial charge in [0.05, 0.1) is 0 Å². The van der Waals surface area contributed by atoms with Crippen molar-refractivity contribution in [3.05, 3.63) is 24.3 Å². The highest BCUT2D eigenvalue weighted by Crippen LogP contribution is 2.55. The molecule has 0 heterocycles. The zero-order chi connectivity index (χ0) is 17.1. The van der Waals surface area contributed by atoms with E-state index in [2.05, 4.69) is 5.32 Å². The molecule has 3 rings (SSSR count). The second-order valence-corrected chi connectivity index (χ2v) is 7.38. The van der Waals surface area contributed by atoms with Crippen LogP contribution in [0.15, 0.2) is 24.3 Å². The van der Waals surface area contributed by atoms with E-state index in [1.54, 1.807) is 0 Å². The van der Waals surface area contributed by atoms with Crippen LogP contribution in [-0.2, 0) is 4.79 Å². The fourth-order valence-corrected chi connectivity index (χ4v) is 3.91. The van der Waals surface area contributed by atoms with Crippen LogP contribution < -0.4 is 10.1 Å². The van der Waals surface area contributed by atoms with E-state index in [4.69, 9.17) is 4.74 Å². The van der Waals surface area contributed by atoms with Crippen LogP contribution in [0.3, 0.4) is 0 Å². The molecule has 5 nitrogen and oxygen atoms in total. The average Bonchev–Trinajstić information content (AvgIpc) is 3.28. The van der Waals surface area contributed by atoms with Gasteiger partial charge in [0.15, 0.2) is 0 Å². The molecule has 3 unspecified atom stereocenters. The molecule has 2 aliphatic rings. The van der Waals surface area contributed by atoms with Gasteiger partial charge in [-0.15, -0.1) is 0 Å². The van der Waals surface area contributed by atoms with E-state index in [1.165, 1.54) is 25.7 Å². The lowest BCUT2D eigenvalue weighted by atomic mass is 10.0. The number of aliphatic hydroxyl groups excluding tert-OH is 1. The van der Waals surface area contributed by atoms with Crippen molar-refractivity contribution in [2.75, 3.05) is 32.6 Å². The van der Waals surface area contributed by atoms with Gasteiger partial charge in [-0.1, -0.05) is 12.8 Å². The first-order valence-electron chi connectivity index (χ1n) is 8.91. The third-order valence-electron chi connectivity index (χ3n) is 5.10. The monoisotopic (exact) mass is 332 g/mol. The Balaban J connectivity index is 1.45. The normalized spacial score (nSPS) is 26.6. The van der Waals surface area contributed by atoms with Gasteiger partial charge in [0.2, 0.25) is 5.91 Å². The summed E-state index contributed by atoms with van der Waals surface area (Å²) in [5, 5.41) is 12.8. The van der Waals surface area contributed by atoms with Crippen LogP contribution in [0.5, 0.6) is 5.75 Å². The average molecular weight is 332 g/mol. The highest BCUT2D eigenvalue weighted by Gasteiger charge is 2.54. The maximum atomic E-state index is 12.4. The van der Waals surface area contributed by atoms with E-state index in [0.717, 1.165) is 5.69 Å². The molecule has 2 fully saturated rings. The van der Waals surface area contributed by atoms with Crippen molar-refractivity contribution in [2.24, 2.45) is 17.8 Å². The van der Waals surface area contributed by atoms with Gasteiger partial charge in [0.1, 0.15) is 18.5 Å². The Morgan fingerprint density at radius 3 is 2.46 bits per heavy atom. The summed E-state index contributed by atoms with van der Waals surface area (Å²) in [5.41, 5.74) is 0.810. The third kappa shape index (κ3) is 4.28. The minimum atomic E-state index is -0.516. The maximum Gasteiger partial charge on any atom is 0.228 e. The quantitative estimate of drug-likeness (QED) is 0.805. The zero-order valence-corrected chi connectivity index (χ0v) is 14.6. The second-order valence-electron chi connectivity index (χ2n) is 7.38. The first-order chi connectivity index (χ1) is 11.5. The Labute approximate surface area is 144 Å². The van der Waals surface area contributed by atoms with Gasteiger partial charge in [0, 0.05) is 18.2 Å². The highest BCUT2D eigenvalue weighted by atomic mass is 16.5. The summed E-state index contributed by atoms with van der Waals surface area (Å²) in [6.07, 6.45) is 4.46. The molecule has 5 heteroatoms. The number of carbonyl (C=O) groups is 1. The molecule has 3 atom stereocenters. The maximum absolute atomic E-state index is 12.4. The molecular formula is C19H28N2O3. The summed E-state index contributed by atoms with van der Waals surface area (Å²) in [7, 11) is 3.83. The van der Waals surface area contributed by atoms with Crippen LogP contribution in [0.2, 0.25) is 0 Å². The van der Waals surface area contributed by atoms with E-state index in [0.29, 0.717) is 24.1 Å². The first kappa shape index (κ1) is 17.2. The summed E-state index contributed by atoms with van der Waals surface area (Å²) in [4.78, 5) is 14.3. The standard InChI is InChI=1S/C19H28N2O3/c1-21(2)11-14(22)12-24-15-9-7-13(8-10-15)20-19(23)18-16-5-3-4-6-17(16)18/h7-10,14,16-18,22H,3-6,11-12H2,1-2H3,(H,20,23). The molecule has 1 amide bonds. The molecule has 0 saturated heterocycles. The van der Waals surface area contributed by atoms with E-state index in [1.807, 2.05) is 43.3 Å². The molecule has 2 N–H and O–H groups in total. The van der Waals surface area contributed by atoms with Crippen molar-refractivity contribution < 1.29 is 14.6 Å². The summed E-state index contributed by atoms with van der Waals surface area (Å²) in [6.45, 7) is 0.827. The van der Waals surface area contributed by atoms with Crippen LogP contribution in [0.4, 0.5) is 5.69 Å². The minimum Gasteiger partial charge on any atom is -0.491 e. The molecule has 2 aliphatic carbocycles. The molecule has 0 spiro atoms. The van der Waals surface area contributed by atoms with Gasteiger partial charge in [-0.25, -0.2) is 0 Å². The van der Waals surface area contributed by atoms with Gasteiger partial charge in [0.25, 0.3) is 0 Å². The molecule has 0 bridgehead atoms. The van der Waals surface area contributed by atoms with Crippen molar-refractivity contribution in [3.63, 3.8) is 0 Å². The lowest BCUT2D eigenvalue weighted by Gasteiger charge is -2.16. The van der Waals surface area contributed by atoms with Crippen LogP contribution in [-0.4, -0.2) is 49.3 Å². The van der Waals surface area contributed by atoms with Gasteiger partial charge in [-0.05, 0) is 63.0 Å². The lowest BCUT2D eigenvalue weighted by Crippen LogP contribution is -2.30. The second kappa shape index (κ2) is 7.53. The van der Waals surface area contributed by atoms with E-state index >= 15 is 0 Å². The number of carbonyl (C=O) groups excluding carboxylic acids is 1. The van der Waals surface area contributed by atoms with Crippen molar-refractivity contribution >= 4 is 11.6 Å². The SMILES string of the molecule is CN(C)CC(O)COc1ccc(NC(=O)C2C3CCCCC32)cc1. The lowest BCUT2D eigenvalue weighted by molar-refractivity contribution is -0.117. The fraction of sp³-hybridized carbons (Fsp3) is 0.632. The Morgan fingerprint density at radius 2 is 1.88 bits per heavy atom. The van der Waals surface area contributed by atoms with E-state index in [9.17, 15) is 9.90 Å². The molecule has 0 aromatic heterocycles. The van der Waals surface area contributed by atoms with E-state index in [-0.39, 0.29) is 18.4 Å². The Morgan fingerprint density at radius 1 is 1.25 bits per heavy atom.